The van der Waals surface area contributed by atoms with Crippen LogP contribution in [0.5, 0.6) is 0 Å². The van der Waals surface area contributed by atoms with Gasteiger partial charge in [0.1, 0.15) is 24.1 Å². The van der Waals surface area contributed by atoms with Gasteiger partial charge in [0.25, 0.3) is 0 Å². The van der Waals surface area contributed by atoms with Crippen LogP contribution in [0.4, 0.5) is 0 Å². The predicted octanol–water partition coefficient (Wildman–Crippen LogP) is 5.58. The van der Waals surface area contributed by atoms with E-state index in [9.17, 15) is 9.13 Å². The first-order chi connectivity index (χ1) is 17.1. The molecule has 2 aliphatic rings. The quantitative estimate of drug-likeness (QED) is 0.158. The van der Waals surface area contributed by atoms with E-state index < -0.39 is 51.5 Å². The molecule has 0 amide bonds. The number of unbranched alkanes of at least 4 members (excludes halogenated alkanes) is 2. The molecule has 36 heavy (non-hydrogen) atoms. The molecule has 2 aliphatic heterocycles. The third-order valence-corrected chi connectivity index (χ3v) is 9.72. The molecule has 1 N–H and O–H groups in total. The predicted molar refractivity (Wildman–Crippen MR) is 136 cm³/mol. The van der Waals surface area contributed by atoms with E-state index >= 15 is 0 Å². The van der Waals surface area contributed by atoms with Crippen molar-refractivity contribution in [3.63, 3.8) is 0 Å². The van der Waals surface area contributed by atoms with Gasteiger partial charge in [0, 0.05) is 7.11 Å². The van der Waals surface area contributed by atoms with Crippen LogP contribution in [0.1, 0.15) is 80.1 Å². The Morgan fingerprint density at radius 2 is 1.33 bits per heavy atom. The van der Waals surface area contributed by atoms with Gasteiger partial charge in [-0.05, 0) is 39.5 Å². The Kier molecular flexibility index (Phi) is 13.5. The summed E-state index contributed by atoms with van der Waals surface area (Å²) < 4.78 is 75.3. The third-order valence-electron chi connectivity index (χ3n) is 5.69. The molecule has 11 nitrogen and oxygen atoms in total. The minimum absolute atomic E-state index is 0.184. The molecule has 0 spiro atoms. The zero-order valence-corrected chi connectivity index (χ0v) is 24.7. The van der Waals surface area contributed by atoms with Gasteiger partial charge >= 0.3 is 15.3 Å². The maximum atomic E-state index is 14.5. The minimum atomic E-state index is -3.99. The molecule has 1 unspecified atom stereocenters. The van der Waals surface area contributed by atoms with E-state index in [4.69, 9.17) is 37.0 Å². The minimum Gasteiger partial charge on any atom is -0.353 e. The van der Waals surface area contributed by atoms with Crippen molar-refractivity contribution in [1.29, 1.82) is 0 Å². The molecular formula is C23H47NO10P2. The van der Waals surface area contributed by atoms with Crippen LogP contribution in [0.15, 0.2) is 0 Å². The number of ether oxygens (including phenoxy) is 4. The van der Waals surface area contributed by atoms with Crippen molar-refractivity contribution in [2.75, 3.05) is 33.5 Å². The van der Waals surface area contributed by atoms with E-state index in [0.29, 0.717) is 25.7 Å². The first-order valence-corrected chi connectivity index (χ1v) is 16.3. The Hall–Kier alpha value is 0.100. The van der Waals surface area contributed by atoms with Gasteiger partial charge in [-0.2, -0.15) is 0 Å². The fourth-order valence-corrected chi connectivity index (χ4v) is 8.22. The highest BCUT2D eigenvalue weighted by Crippen LogP contribution is 2.60. The lowest BCUT2D eigenvalue weighted by atomic mass is 10.1. The van der Waals surface area contributed by atoms with Crippen LogP contribution in [0.25, 0.3) is 0 Å². The van der Waals surface area contributed by atoms with Crippen molar-refractivity contribution in [2.24, 2.45) is 0 Å². The molecule has 2 rings (SSSR count). The molecular weight excluding hydrogens is 512 g/mol. The normalized spacial score (nSPS) is 26.9. The lowest BCUT2D eigenvalue weighted by molar-refractivity contribution is -0.227. The molecule has 0 aromatic heterocycles. The van der Waals surface area contributed by atoms with E-state index in [-0.39, 0.29) is 26.4 Å². The molecule has 13 heteroatoms. The Morgan fingerprint density at radius 3 is 1.81 bits per heavy atom. The molecule has 0 aromatic rings. The van der Waals surface area contributed by atoms with Crippen molar-refractivity contribution in [3.8, 4) is 0 Å². The number of hydrogen-bond acceptors (Lipinski definition) is 10. The standard InChI is InChI=1S/C23H47NO10P2/c1-8-12-16-28-35(25,29-17-13-9-2)21(24-36(26,30-14-10-3)31-15-11-4)19-18-20(22(27-7)32-19)34-23(5,6)33-18/h18-22H,8-17H2,1-7H3,(H,24,26)/t18-,19+,20-,21?,22-/m1/s1. The van der Waals surface area contributed by atoms with E-state index in [2.05, 4.69) is 5.09 Å². The van der Waals surface area contributed by atoms with Crippen molar-refractivity contribution < 1.29 is 46.2 Å². The topological polar surface area (TPSA) is 120 Å². The second-order valence-corrected chi connectivity index (χ2v) is 13.3. The summed E-state index contributed by atoms with van der Waals surface area (Å²) >= 11 is 0. The average molecular weight is 560 g/mol. The molecule has 5 atom stereocenters. The van der Waals surface area contributed by atoms with Crippen molar-refractivity contribution in [2.45, 2.75) is 116 Å². The summed E-state index contributed by atoms with van der Waals surface area (Å²) in [4.78, 5) is 0. The third kappa shape index (κ3) is 8.82. The van der Waals surface area contributed by atoms with Gasteiger partial charge < -0.3 is 28.0 Å². The number of rotatable bonds is 19. The monoisotopic (exact) mass is 559 g/mol. The fraction of sp³-hybridized carbons (Fsp3) is 1.00. The van der Waals surface area contributed by atoms with Gasteiger partial charge in [0.15, 0.2) is 12.1 Å². The van der Waals surface area contributed by atoms with Crippen molar-refractivity contribution in [1.82, 2.24) is 5.09 Å². The van der Waals surface area contributed by atoms with Gasteiger partial charge in [-0.25, -0.2) is 9.65 Å². The first-order valence-electron chi connectivity index (χ1n) is 13.2. The summed E-state index contributed by atoms with van der Waals surface area (Å²) in [7, 11) is -6.42. The van der Waals surface area contributed by atoms with Gasteiger partial charge in [-0.15, -0.1) is 0 Å². The van der Waals surface area contributed by atoms with Gasteiger partial charge in [0.05, 0.1) is 26.4 Å². The van der Waals surface area contributed by atoms with Gasteiger partial charge in [-0.3, -0.25) is 13.6 Å². The smallest absolute Gasteiger partial charge is 0.353 e. The van der Waals surface area contributed by atoms with Gasteiger partial charge in [-0.1, -0.05) is 40.5 Å². The summed E-state index contributed by atoms with van der Waals surface area (Å²) in [5, 5.41) is 2.90. The number of hydrogen-bond donors (Lipinski definition) is 1. The molecule has 0 aromatic carbocycles. The van der Waals surface area contributed by atoms with Crippen LogP contribution in [-0.2, 0) is 46.2 Å². The Labute approximate surface area is 216 Å². The molecule has 0 saturated carbocycles. The van der Waals surface area contributed by atoms with Crippen LogP contribution >= 0.6 is 15.3 Å². The lowest BCUT2D eigenvalue weighted by Crippen LogP contribution is -2.46. The average Bonchev–Trinajstić information content (AvgIpc) is 3.33. The van der Waals surface area contributed by atoms with Gasteiger partial charge in [0.2, 0.25) is 0 Å². The van der Waals surface area contributed by atoms with Crippen molar-refractivity contribution in [3.05, 3.63) is 0 Å². The van der Waals surface area contributed by atoms with Crippen LogP contribution in [0.2, 0.25) is 0 Å². The number of methoxy groups -OCH3 is 1. The van der Waals surface area contributed by atoms with E-state index in [1.165, 1.54) is 7.11 Å². The van der Waals surface area contributed by atoms with E-state index in [1.54, 1.807) is 13.8 Å². The Morgan fingerprint density at radius 1 is 0.806 bits per heavy atom. The van der Waals surface area contributed by atoms with Crippen LogP contribution < -0.4 is 5.09 Å². The molecule has 2 heterocycles. The van der Waals surface area contributed by atoms with Crippen LogP contribution in [0, 0.1) is 0 Å². The molecule has 0 radical (unpaired) electrons. The summed E-state index contributed by atoms with van der Waals surface area (Å²) in [5.74, 6) is -2.15. The van der Waals surface area contributed by atoms with Crippen LogP contribution in [0.3, 0.4) is 0 Å². The highest BCUT2D eigenvalue weighted by molar-refractivity contribution is 7.57. The second kappa shape index (κ2) is 15.0. The van der Waals surface area contributed by atoms with Crippen LogP contribution in [-0.4, -0.2) is 69.7 Å². The summed E-state index contributed by atoms with van der Waals surface area (Å²) in [6, 6.07) is 0. The fourth-order valence-electron chi connectivity index (χ4n) is 3.93. The Balaban J connectivity index is 2.49. The summed E-state index contributed by atoms with van der Waals surface area (Å²) in [5.41, 5.74) is 0. The zero-order chi connectivity index (χ0) is 26.8. The summed E-state index contributed by atoms with van der Waals surface area (Å²) in [6.45, 7) is 12.1. The number of nitrogens with one attached hydrogen (secondary N) is 1. The molecule has 214 valence electrons. The maximum Gasteiger partial charge on any atom is 0.406 e. The zero-order valence-electron chi connectivity index (χ0n) is 22.9. The second-order valence-electron chi connectivity index (χ2n) is 9.42. The lowest BCUT2D eigenvalue weighted by Gasteiger charge is -2.35. The maximum absolute atomic E-state index is 14.5. The Bertz CT molecular complexity index is 714. The molecule has 2 fully saturated rings. The van der Waals surface area contributed by atoms with E-state index in [0.717, 1.165) is 12.8 Å². The summed E-state index contributed by atoms with van der Waals surface area (Å²) in [6.07, 6.45) is 1.24. The molecule has 0 aliphatic carbocycles. The number of fused-ring (bicyclic) bond motifs is 1. The SMILES string of the molecule is CCCCOP(=O)(OCCCC)C(NP(=O)(OCCC)OCCC)[C@H]1O[C@@H](OC)[C@@H]2OC(C)(C)O[C@@H]21. The highest BCUT2D eigenvalue weighted by atomic mass is 31.2. The molecule has 0 bridgehead atoms. The molecule has 2 saturated heterocycles. The van der Waals surface area contributed by atoms with E-state index in [1.807, 2.05) is 27.7 Å². The largest absolute Gasteiger partial charge is 0.406 e. The first kappa shape index (κ1) is 32.3. The van der Waals surface area contributed by atoms with Crippen molar-refractivity contribution >= 4 is 15.3 Å². The highest BCUT2D eigenvalue weighted by Gasteiger charge is 2.62.